The largest absolute Gasteiger partial charge is 0.384 e. The smallest absolute Gasteiger partial charge is 0.245 e. The lowest BCUT2D eigenvalue weighted by molar-refractivity contribution is -0.134. The van der Waals surface area contributed by atoms with E-state index in [1.807, 2.05) is 4.90 Å². The van der Waals surface area contributed by atoms with Gasteiger partial charge in [-0.1, -0.05) is 0 Å². The number of hydrogen-bond acceptors (Lipinski definition) is 7. The summed E-state index contributed by atoms with van der Waals surface area (Å²) < 4.78 is 9.47. The molecule has 2 saturated heterocycles. The molecule has 1 amide bonds. The molecule has 1 aromatic heterocycles. The molecule has 2 fully saturated rings. The third-order valence-corrected chi connectivity index (χ3v) is 5.38. The first-order valence-electron chi connectivity index (χ1n) is 8.24. The lowest BCUT2D eigenvalue weighted by Gasteiger charge is -2.35. The molecule has 0 saturated carbocycles. The van der Waals surface area contributed by atoms with E-state index in [0.29, 0.717) is 6.61 Å². The van der Waals surface area contributed by atoms with Gasteiger partial charge in [0.15, 0.2) is 0 Å². The first-order chi connectivity index (χ1) is 11.2. The van der Waals surface area contributed by atoms with Crippen LogP contribution in [-0.4, -0.2) is 84.6 Å². The predicted octanol–water partition coefficient (Wildman–Crippen LogP) is 0.470. The first kappa shape index (κ1) is 16.6. The van der Waals surface area contributed by atoms with E-state index in [9.17, 15) is 4.79 Å². The fourth-order valence-corrected chi connectivity index (χ4v) is 3.94. The lowest BCUT2D eigenvalue weighted by atomic mass is 10.2. The van der Waals surface area contributed by atoms with Crippen molar-refractivity contribution in [2.75, 3.05) is 58.4 Å². The molecule has 8 heteroatoms. The molecule has 0 spiro atoms. The Morgan fingerprint density at radius 1 is 1.30 bits per heavy atom. The van der Waals surface area contributed by atoms with E-state index in [-0.39, 0.29) is 11.9 Å². The average molecular weight is 339 g/mol. The van der Waals surface area contributed by atoms with Crippen LogP contribution >= 0.6 is 11.5 Å². The third kappa shape index (κ3) is 3.81. The monoisotopic (exact) mass is 339 g/mol. The molecule has 23 heavy (non-hydrogen) atoms. The summed E-state index contributed by atoms with van der Waals surface area (Å²) in [7, 11) is 3.78. The maximum Gasteiger partial charge on any atom is 0.245 e. The van der Waals surface area contributed by atoms with E-state index in [1.165, 1.54) is 11.5 Å². The minimum absolute atomic E-state index is 0.0679. The van der Waals surface area contributed by atoms with Crippen LogP contribution in [0.4, 0.5) is 5.13 Å². The second-order valence-corrected chi connectivity index (χ2v) is 6.95. The number of rotatable bonds is 5. The maximum absolute atomic E-state index is 12.9. The van der Waals surface area contributed by atoms with E-state index in [4.69, 9.17) is 4.74 Å². The zero-order valence-electron chi connectivity index (χ0n) is 13.9. The average Bonchev–Trinajstić information content (AvgIpc) is 3.21. The first-order valence-corrected chi connectivity index (χ1v) is 9.02. The van der Waals surface area contributed by atoms with Crippen LogP contribution < -0.4 is 4.90 Å². The van der Waals surface area contributed by atoms with E-state index in [1.54, 1.807) is 7.11 Å². The van der Waals surface area contributed by atoms with Gasteiger partial charge in [0.05, 0.1) is 6.61 Å². The molecule has 128 valence electrons. The van der Waals surface area contributed by atoms with Crippen molar-refractivity contribution in [1.82, 2.24) is 19.2 Å². The summed E-state index contributed by atoms with van der Waals surface area (Å²) in [5, 5.41) is 0.876. The number of carbonyl (C=O) groups excluding carboxylic acids is 1. The van der Waals surface area contributed by atoms with Gasteiger partial charge in [-0.15, -0.1) is 0 Å². The Hall–Kier alpha value is -1.25. The van der Waals surface area contributed by atoms with E-state index < -0.39 is 0 Å². The SMILES string of the molecule is COCCc1nsc(N2CCCC2C(=O)N2CCN(C)CC2)n1. The Morgan fingerprint density at radius 2 is 2.09 bits per heavy atom. The van der Waals surface area contributed by atoms with Crippen molar-refractivity contribution in [2.24, 2.45) is 0 Å². The second kappa shape index (κ2) is 7.55. The number of hydrogen-bond donors (Lipinski definition) is 0. The molecule has 3 heterocycles. The van der Waals surface area contributed by atoms with E-state index in [0.717, 1.165) is 62.9 Å². The van der Waals surface area contributed by atoms with Crippen molar-refractivity contribution in [3.63, 3.8) is 0 Å². The number of methoxy groups -OCH3 is 1. The van der Waals surface area contributed by atoms with Crippen molar-refractivity contribution in [3.05, 3.63) is 5.82 Å². The van der Waals surface area contributed by atoms with Crippen molar-refractivity contribution in [1.29, 1.82) is 0 Å². The van der Waals surface area contributed by atoms with E-state index >= 15 is 0 Å². The van der Waals surface area contributed by atoms with Crippen molar-refractivity contribution in [2.45, 2.75) is 25.3 Å². The highest BCUT2D eigenvalue weighted by atomic mass is 32.1. The Bertz CT molecular complexity index is 530. The molecule has 0 aliphatic carbocycles. The Kier molecular flexibility index (Phi) is 5.45. The Labute approximate surface area is 141 Å². The van der Waals surface area contributed by atoms with Gasteiger partial charge in [0.25, 0.3) is 0 Å². The zero-order valence-corrected chi connectivity index (χ0v) is 14.7. The number of carbonyl (C=O) groups is 1. The molecule has 2 aliphatic rings. The molecule has 0 bridgehead atoms. The Morgan fingerprint density at radius 3 is 2.83 bits per heavy atom. The van der Waals surface area contributed by atoms with Crippen molar-refractivity contribution < 1.29 is 9.53 Å². The molecule has 1 unspecified atom stereocenters. The van der Waals surface area contributed by atoms with Gasteiger partial charge in [-0.2, -0.15) is 4.37 Å². The second-order valence-electron chi connectivity index (χ2n) is 6.22. The molecule has 3 rings (SSSR count). The summed E-state index contributed by atoms with van der Waals surface area (Å²) in [6, 6.07) is -0.0679. The topological polar surface area (TPSA) is 61.8 Å². The van der Waals surface area contributed by atoms with Crippen molar-refractivity contribution >= 4 is 22.6 Å². The molecule has 7 nitrogen and oxygen atoms in total. The number of anilines is 1. The van der Waals surface area contributed by atoms with Crippen LogP contribution in [0.25, 0.3) is 0 Å². The van der Waals surface area contributed by atoms with E-state index in [2.05, 4.69) is 26.2 Å². The van der Waals surface area contributed by atoms with Gasteiger partial charge < -0.3 is 19.4 Å². The zero-order chi connectivity index (χ0) is 16.2. The van der Waals surface area contributed by atoms with Gasteiger partial charge in [-0.3, -0.25) is 4.79 Å². The van der Waals surface area contributed by atoms with Crippen LogP contribution in [-0.2, 0) is 16.0 Å². The van der Waals surface area contributed by atoms with Gasteiger partial charge in [0.2, 0.25) is 11.0 Å². The number of ether oxygens (including phenoxy) is 1. The van der Waals surface area contributed by atoms with Crippen LogP contribution in [0.5, 0.6) is 0 Å². The predicted molar refractivity (Wildman–Crippen MR) is 89.9 cm³/mol. The van der Waals surface area contributed by atoms with Crippen molar-refractivity contribution in [3.8, 4) is 0 Å². The van der Waals surface area contributed by atoms with Gasteiger partial charge in [-0.05, 0) is 19.9 Å². The highest BCUT2D eigenvalue weighted by molar-refractivity contribution is 7.09. The number of piperazine rings is 1. The highest BCUT2D eigenvalue weighted by Crippen LogP contribution is 2.28. The van der Waals surface area contributed by atoms with Crippen LogP contribution in [0.2, 0.25) is 0 Å². The number of nitrogens with zero attached hydrogens (tertiary/aromatic N) is 5. The summed E-state index contributed by atoms with van der Waals surface area (Å²) >= 11 is 1.40. The van der Waals surface area contributed by atoms with Gasteiger partial charge in [-0.25, -0.2) is 4.98 Å². The third-order valence-electron chi connectivity index (χ3n) is 4.59. The normalized spacial score (nSPS) is 22.8. The molecule has 0 aromatic carbocycles. The number of amides is 1. The molecule has 2 aliphatic heterocycles. The summed E-state index contributed by atoms with van der Waals surface area (Å²) in [6.45, 7) is 5.09. The van der Waals surface area contributed by atoms with Crippen LogP contribution in [0.15, 0.2) is 0 Å². The molecule has 0 N–H and O–H groups in total. The minimum atomic E-state index is -0.0679. The minimum Gasteiger partial charge on any atom is -0.384 e. The fourth-order valence-electron chi connectivity index (χ4n) is 3.15. The molecular formula is C15H25N5O2S. The summed E-state index contributed by atoms with van der Waals surface area (Å²) in [5.74, 6) is 1.06. The number of aromatic nitrogens is 2. The summed E-state index contributed by atoms with van der Waals surface area (Å²) in [6.07, 6.45) is 2.67. The summed E-state index contributed by atoms with van der Waals surface area (Å²) in [5.41, 5.74) is 0. The molecule has 0 radical (unpaired) electrons. The van der Waals surface area contributed by atoms with Crippen LogP contribution in [0, 0.1) is 0 Å². The van der Waals surface area contributed by atoms with Crippen LogP contribution in [0.1, 0.15) is 18.7 Å². The molecular weight excluding hydrogens is 314 g/mol. The number of likely N-dealkylation sites (N-methyl/N-ethyl adjacent to an activating group) is 1. The van der Waals surface area contributed by atoms with Gasteiger partial charge in [0.1, 0.15) is 11.9 Å². The Balaban J connectivity index is 1.65. The molecule has 1 aromatic rings. The molecule has 1 atom stereocenters. The summed E-state index contributed by atoms with van der Waals surface area (Å²) in [4.78, 5) is 23.9. The highest BCUT2D eigenvalue weighted by Gasteiger charge is 2.36. The van der Waals surface area contributed by atoms with Gasteiger partial charge >= 0.3 is 0 Å². The maximum atomic E-state index is 12.9. The van der Waals surface area contributed by atoms with Crippen LogP contribution in [0.3, 0.4) is 0 Å². The standard InChI is InChI=1S/C15H25N5O2S/c1-18-7-9-19(10-8-18)14(21)12-4-3-6-20(12)15-16-13(17-23-15)5-11-22-2/h12H,3-11H2,1-2H3. The van der Waals surface area contributed by atoms with Gasteiger partial charge in [0, 0.05) is 57.8 Å². The lowest BCUT2D eigenvalue weighted by Crippen LogP contribution is -2.52. The quantitative estimate of drug-likeness (QED) is 0.777. The fraction of sp³-hybridized carbons (Fsp3) is 0.800.